The van der Waals surface area contributed by atoms with E-state index in [1.54, 1.807) is 6.20 Å². The molecule has 0 amide bonds. The predicted octanol–water partition coefficient (Wildman–Crippen LogP) is 1.87. The summed E-state index contributed by atoms with van der Waals surface area (Å²) in [7, 11) is 1.96. The maximum Gasteiger partial charge on any atom is 0.177 e. The maximum absolute atomic E-state index is 4.41. The molecule has 2 rings (SSSR count). The Morgan fingerprint density at radius 2 is 2.40 bits per heavy atom. The molecule has 15 heavy (non-hydrogen) atoms. The molecule has 0 unspecified atom stereocenters. The number of halogens is 1. The minimum atomic E-state index is 0.789. The molecule has 5 heteroatoms. The first-order valence-electron chi connectivity index (χ1n) is 4.94. The average molecular weight is 269 g/mol. The van der Waals surface area contributed by atoms with E-state index in [1.165, 1.54) is 0 Å². The van der Waals surface area contributed by atoms with E-state index in [0.29, 0.717) is 0 Å². The summed E-state index contributed by atoms with van der Waals surface area (Å²) in [5, 5.41) is 3.12. The third-order valence-corrected chi connectivity index (χ3v) is 2.63. The summed E-state index contributed by atoms with van der Waals surface area (Å²) in [6.45, 7) is 1.01. The Hall–Kier alpha value is -0.940. The van der Waals surface area contributed by atoms with Crippen molar-refractivity contribution in [3.8, 4) is 0 Å². The fraction of sp³-hybridized carbons (Fsp3) is 0.400. The summed E-state index contributed by atoms with van der Waals surface area (Å²) in [5.41, 5.74) is 1.78. The van der Waals surface area contributed by atoms with E-state index in [1.807, 2.05) is 13.1 Å². The molecule has 2 heterocycles. The molecule has 0 saturated carbocycles. The highest BCUT2D eigenvalue weighted by Gasteiger charge is 2.03. The van der Waals surface area contributed by atoms with Crippen molar-refractivity contribution in [2.45, 2.75) is 12.8 Å². The van der Waals surface area contributed by atoms with Gasteiger partial charge in [-0.2, -0.15) is 0 Å². The number of aromatic amines is 1. The Labute approximate surface area is 96.6 Å². The normalized spacial score (nSPS) is 11.1. The molecule has 0 aromatic carbocycles. The predicted molar refractivity (Wildman–Crippen MR) is 63.8 cm³/mol. The van der Waals surface area contributed by atoms with E-state index in [-0.39, 0.29) is 0 Å². The van der Waals surface area contributed by atoms with Gasteiger partial charge in [-0.3, -0.25) is 0 Å². The van der Waals surface area contributed by atoms with Gasteiger partial charge in [0.15, 0.2) is 5.65 Å². The van der Waals surface area contributed by atoms with E-state index in [4.69, 9.17) is 0 Å². The molecule has 0 spiro atoms. The molecule has 0 bridgehead atoms. The van der Waals surface area contributed by atoms with Crippen molar-refractivity contribution in [3.05, 3.63) is 22.6 Å². The molecule has 2 aromatic rings. The number of imidazole rings is 1. The minimum Gasteiger partial charge on any atom is -0.341 e. The number of aromatic nitrogens is 3. The van der Waals surface area contributed by atoms with Gasteiger partial charge in [0.2, 0.25) is 0 Å². The second-order valence-electron chi connectivity index (χ2n) is 3.42. The van der Waals surface area contributed by atoms with Crippen molar-refractivity contribution in [2.24, 2.45) is 0 Å². The number of fused-ring (bicyclic) bond motifs is 1. The number of hydrogen-bond acceptors (Lipinski definition) is 3. The molecule has 0 aliphatic carbocycles. The van der Waals surface area contributed by atoms with Crippen LogP contribution in [0.5, 0.6) is 0 Å². The van der Waals surface area contributed by atoms with E-state index in [9.17, 15) is 0 Å². The van der Waals surface area contributed by atoms with Crippen LogP contribution in [-0.2, 0) is 6.42 Å². The summed E-state index contributed by atoms with van der Waals surface area (Å²) >= 11 is 3.39. The highest BCUT2D eigenvalue weighted by molar-refractivity contribution is 9.10. The summed E-state index contributed by atoms with van der Waals surface area (Å²) < 4.78 is 0.973. The quantitative estimate of drug-likeness (QED) is 0.833. The first-order chi connectivity index (χ1) is 7.29. The van der Waals surface area contributed by atoms with Crippen molar-refractivity contribution in [3.63, 3.8) is 0 Å². The number of nitrogens with one attached hydrogen (secondary N) is 2. The Morgan fingerprint density at radius 3 is 3.20 bits per heavy atom. The number of pyridine rings is 1. The van der Waals surface area contributed by atoms with Crippen LogP contribution in [0, 0.1) is 0 Å². The SMILES string of the molecule is CNCCCc1nc2ncc(Br)cc2[nH]1. The van der Waals surface area contributed by atoms with Crippen LogP contribution in [0.25, 0.3) is 11.2 Å². The van der Waals surface area contributed by atoms with Gasteiger partial charge in [0.1, 0.15) is 5.82 Å². The average Bonchev–Trinajstić information content (AvgIpc) is 2.60. The van der Waals surface area contributed by atoms with Gasteiger partial charge in [-0.15, -0.1) is 0 Å². The van der Waals surface area contributed by atoms with E-state index >= 15 is 0 Å². The molecule has 0 radical (unpaired) electrons. The second-order valence-corrected chi connectivity index (χ2v) is 4.33. The molecule has 0 aliphatic rings. The van der Waals surface area contributed by atoms with Gasteiger partial charge in [-0.25, -0.2) is 9.97 Å². The molecule has 0 saturated heterocycles. The van der Waals surface area contributed by atoms with Crippen molar-refractivity contribution in [1.82, 2.24) is 20.3 Å². The molecular formula is C10H13BrN4. The van der Waals surface area contributed by atoms with Crippen molar-refractivity contribution < 1.29 is 0 Å². The number of H-pyrrole nitrogens is 1. The van der Waals surface area contributed by atoms with Gasteiger partial charge in [-0.1, -0.05) is 0 Å². The Kier molecular flexibility index (Phi) is 3.33. The zero-order chi connectivity index (χ0) is 10.7. The number of rotatable bonds is 4. The Balaban J connectivity index is 2.16. The van der Waals surface area contributed by atoms with Crippen LogP contribution >= 0.6 is 15.9 Å². The molecule has 0 atom stereocenters. The third-order valence-electron chi connectivity index (χ3n) is 2.19. The summed E-state index contributed by atoms with van der Waals surface area (Å²) in [6, 6.07) is 2.00. The summed E-state index contributed by atoms with van der Waals surface area (Å²) in [4.78, 5) is 11.9. The largest absolute Gasteiger partial charge is 0.341 e. The van der Waals surface area contributed by atoms with E-state index in [2.05, 4.69) is 36.2 Å². The highest BCUT2D eigenvalue weighted by Crippen LogP contribution is 2.15. The molecular weight excluding hydrogens is 256 g/mol. The van der Waals surface area contributed by atoms with Crippen LogP contribution in [0.1, 0.15) is 12.2 Å². The lowest BCUT2D eigenvalue weighted by Gasteiger charge is -1.95. The Morgan fingerprint density at radius 1 is 1.53 bits per heavy atom. The number of hydrogen-bond donors (Lipinski definition) is 2. The van der Waals surface area contributed by atoms with E-state index < -0.39 is 0 Å². The van der Waals surface area contributed by atoms with Crippen LogP contribution in [0.3, 0.4) is 0 Å². The van der Waals surface area contributed by atoms with Crippen LogP contribution < -0.4 is 5.32 Å². The summed E-state index contributed by atoms with van der Waals surface area (Å²) in [6.07, 6.45) is 3.80. The fourth-order valence-corrected chi connectivity index (χ4v) is 1.81. The molecule has 0 aliphatic heterocycles. The summed E-state index contributed by atoms with van der Waals surface area (Å²) in [5.74, 6) is 1.01. The lowest BCUT2D eigenvalue weighted by atomic mass is 10.3. The number of aryl methyl sites for hydroxylation is 1. The zero-order valence-corrected chi connectivity index (χ0v) is 10.1. The molecule has 2 N–H and O–H groups in total. The maximum atomic E-state index is 4.41. The fourth-order valence-electron chi connectivity index (χ4n) is 1.48. The van der Waals surface area contributed by atoms with Gasteiger partial charge in [-0.05, 0) is 42.0 Å². The minimum absolute atomic E-state index is 0.789. The van der Waals surface area contributed by atoms with Gasteiger partial charge in [0.05, 0.1) is 5.52 Å². The third kappa shape index (κ3) is 2.54. The van der Waals surface area contributed by atoms with Crippen molar-refractivity contribution >= 4 is 27.1 Å². The lowest BCUT2D eigenvalue weighted by Crippen LogP contribution is -2.08. The smallest absolute Gasteiger partial charge is 0.177 e. The second kappa shape index (κ2) is 4.72. The van der Waals surface area contributed by atoms with Crippen LogP contribution in [-0.4, -0.2) is 28.5 Å². The topological polar surface area (TPSA) is 53.6 Å². The van der Waals surface area contributed by atoms with Crippen LogP contribution in [0.4, 0.5) is 0 Å². The monoisotopic (exact) mass is 268 g/mol. The van der Waals surface area contributed by atoms with Crippen molar-refractivity contribution in [2.75, 3.05) is 13.6 Å². The van der Waals surface area contributed by atoms with Gasteiger partial charge >= 0.3 is 0 Å². The lowest BCUT2D eigenvalue weighted by molar-refractivity contribution is 0.708. The first kappa shape index (κ1) is 10.6. The van der Waals surface area contributed by atoms with Crippen LogP contribution in [0.2, 0.25) is 0 Å². The van der Waals surface area contributed by atoms with E-state index in [0.717, 1.165) is 40.8 Å². The van der Waals surface area contributed by atoms with Crippen molar-refractivity contribution in [1.29, 1.82) is 0 Å². The molecule has 80 valence electrons. The van der Waals surface area contributed by atoms with Gasteiger partial charge < -0.3 is 10.3 Å². The molecule has 4 nitrogen and oxygen atoms in total. The standard InChI is InChI=1S/C10H13BrN4/c1-12-4-2-3-9-14-8-5-7(11)6-13-10(8)15-9/h5-6,12H,2-4H2,1H3,(H,13,14,15). The van der Waals surface area contributed by atoms with Gasteiger partial charge in [0, 0.05) is 17.1 Å². The van der Waals surface area contributed by atoms with Gasteiger partial charge in [0.25, 0.3) is 0 Å². The van der Waals surface area contributed by atoms with Crippen LogP contribution in [0.15, 0.2) is 16.7 Å². The Bertz CT molecular complexity index is 452. The first-order valence-corrected chi connectivity index (χ1v) is 5.73. The zero-order valence-electron chi connectivity index (χ0n) is 8.55. The molecule has 2 aromatic heterocycles. The number of nitrogens with zero attached hydrogens (tertiary/aromatic N) is 2. The molecule has 0 fully saturated rings. The highest BCUT2D eigenvalue weighted by atomic mass is 79.9.